The zero-order valence-electron chi connectivity index (χ0n) is 19.2. The SMILES string of the molecule is CC(NCCC(=O)O)c1ccc2c(c1)CCc1c-2noc1-c1noc(-c2ccccc2)c1C(F)(F)F. The van der Waals surface area contributed by atoms with Crippen LogP contribution in [0.5, 0.6) is 0 Å². The molecule has 1 atom stereocenters. The molecule has 0 saturated heterocycles. The molecule has 1 aliphatic rings. The highest BCUT2D eigenvalue weighted by Crippen LogP contribution is 2.46. The molecule has 186 valence electrons. The lowest BCUT2D eigenvalue weighted by molar-refractivity contribution is -0.137. The summed E-state index contributed by atoms with van der Waals surface area (Å²) in [5.41, 5.74) is 2.67. The van der Waals surface area contributed by atoms with E-state index < -0.39 is 23.4 Å². The summed E-state index contributed by atoms with van der Waals surface area (Å²) in [6, 6.07) is 13.7. The first-order chi connectivity index (χ1) is 17.2. The molecular formula is C26H22F3N3O4. The van der Waals surface area contributed by atoms with Crippen molar-refractivity contribution < 1.29 is 32.1 Å². The number of halogens is 3. The van der Waals surface area contributed by atoms with Gasteiger partial charge in [-0.2, -0.15) is 13.2 Å². The average Bonchev–Trinajstić information content (AvgIpc) is 3.48. The molecule has 1 aliphatic carbocycles. The number of hydrogen-bond acceptors (Lipinski definition) is 6. The predicted molar refractivity (Wildman–Crippen MR) is 124 cm³/mol. The summed E-state index contributed by atoms with van der Waals surface area (Å²) < 4.78 is 53.1. The summed E-state index contributed by atoms with van der Waals surface area (Å²) in [6.07, 6.45) is -3.69. The molecule has 0 amide bonds. The van der Waals surface area contributed by atoms with E-state index in [9.17, 15) is 18.0 Å². The summed E-state index contributed by atoms with van der Waals surface area (Å²) in [5.74, 6) is -1.28. The first kappa shape index (κ1) is 23.8. The van der Waals surface area contributed by atoms with Crippen LogP contribution < -0.4 is 5.32 Å². The largest absolute Gasteiger partial charge is 0.481 e. The number of carboxylic acids is 1. The number of rotatable bonds is 7. The molecule has 4 aromatic rings. The summed E-state index contributed by atoms with van der Waals surface area (Å²) in [6.45, 7) is 2.29. The lowest BCUT2D eigenvalue weighted by Gasteiger charge is -2.19. The smallest absolute Gasteiger partial charge is 0.422 e. The Bertz CT molecular complexity index is 1410. The zero-order valence-corrected chi connectivity index (χ0v) is 19.2. The Morgan fingerprint density at radius 1 is 1.06 bits per heavy atom. The Morgan fingerprint density at radius 3 is 2.50 bits per heavy atom. The van der Waals surface area contributed by atoms with Gasteiger partial charge in [0.15, 0.2) is 17.2 Å². The maximum absolute atomic E-state index is 14.1. The second kappa shape index (κ2) is 9.27. The quantitative estimate of drug-likeness (QED) is 0.327. The van der Waals surface area contributed by atoms with Crippen LogP contribution in [0, 0.1) is 0 Å². The fraction of sp³-hybridized carbons (Fsp3) is 0.269. The zero-order chi connectivity index (χ0) is 25.4. The van der Waals surface area contributed by atoms with Gasteiger partial charge in [-0.1, -0.05) is 58.8 Å². The number of carbonyl (C=O) groups is 1. The molecule has 7 nitrogen and oxygen atoms in total. The number of aliphatic carboxylic acids is 1. The van der Waals surface area contributed by atoms with Crippen LogP contribution in [0.1, 0.15) is 41.6 Å². The van der Waals surface area contributed by atoms with Crippen LogP contribution in [0.3, 0.4) is 0 Å². The molecule has 36 heavy (non-hydrogen) atoms. The molecule has 5 rings (SSSR count). The molecule has 2 N–H and O–H groups in total. The standard InChI is InChI=1S/C26H22F3N3O4/c1-14(30-12-11-20(33)34)16-7-9-18-17(13-16)8-10-19-22(18)31-36-25(19)23-21(26(27,28)29)24(35-32-23)15-5-3-2-4-6-15/h2-7,9,13-14,30H,8,10-12H2,1H3,(H,33,34). The van der Waals surface area contributed by atoms with Crippen molar-refractivity contribution in [3.8, 4) is 34.0 Å². The summed E-state index contributed by atoms with van der Waals surface area (Å²) >= 11 is 0. The van der Waals surface area contributed by atoms with Crippen molar-refractivity contribution >= 4 is 5.97 Å². The number of hydrogen-bond donors (Lipinski definition) is 2. The van der Waals surface area contributed by atoms with Crippen molar-refractivity contribution in [2.24, 2.45) is 0 Å². The minimum absolute atomic E-state index is 0.0221. The van der Waals surface area contributed by atoms with Gasteiger partial charge in [-0.15, -0.1) is 0 Å². The third kappa shape index (κ3) is 4.39. The van der Waals surface area contributed by atoms with Crippen molar-refractivity contribution in [3.63, 3.8) is 0 Å². The fourth-order valence-corrected chi connectivity index (χ4v) is 4.53. The average molecular weight is 497 g/mol. The van der Waals surface area contributed by atoms with Crippen molar-refractivity contribution in [1.82, 2.24) is 15.6 Å². The molecule has 2 heterocycles. The topological polar surface area (TPSA) is 101 Å². The van der Waals surface area contributed by atoms with Crippen LogP contribution in [0.2, 0.25) is 0 Å². The summed E-state index contributed by atoms with van der Waals surface area (Å²) in [7, 11) is 0. The van der Waals surface area contributed by atoms with E-state index in [1.54, 1.807) is 18.2 Å². The van der Waals surface area contributed by atoms with E-state index in [4.69, 9.17) is 14.2 Å². The number of nitrogens with zero attached hydrogens (tertiary/aromatic N) is 2. The minimum Gasteiger partial charge on any atom is -0.481 e. The lowest BCUT2D eigenvalue weighted by Crippen LogP contribution is -2.22. The summed E-state index contributed by atoms with van der Waals surface area (Å²) in [5, 5.41) is 19.9. The lowest BCUT2D eigenvalue weighted by atomic mass is 9.86. The van der Waals surface area contributed by atoms with E-state index in [1.165, 1.54) is 12.1 Å². The Morgan fingerprint density at radius 2 is 1.78 bits per heavy atom. The monoisotopic (exact) mass is 497 g/mol. The number of benzene rings is 2. The molecule has 0 saturated carbocycles. The van der Waals surface area contributed by atoms with Crippen molar-refractivity contribution in [1.29, 1.82) is 0 Å². The highest BCUT2D eigenvalue weighted by atomic mass is 19.4. The van der Waals surface area contributed by atoms with Crippen molar-refractivity contribution in [2.45, 2.75) is 38.4 Å². The van der Waals surface area contributed by atoms with Crippen LogP contribution in [-0.4, -0.2) is 27.9 Å². The van der Waals surface area contributed by atoms with Gasteiger partial charge in [-0.3, -0.25) is 4.79 Å². The van der Waals surface area contributed by atoms with Gasteiger partial charge in [0, 0.05) is 29.3 Å². The number of nitrogens with one attached hydrogen (secondary N) is 1. The van der Waals surface area contributed by atoms with E-state index in [2.05, 4.69) is 15.6 Å². The third-order valence-electron chi connectivity index (χ3n) is 6.33. The molecule has 2 aromatic heterocycles. The third-order valence-corrected chi connectivity index (χ3v) is 6.33. The summed E-state index contributed by atoms with van der Waals surface area (Å²) in [4.78, 5) is 10.8. The van der Waals surface area contributed by atoms with E-state index >= 15 is 0 Å². The molecule has 0 aliphatic heterocycles. The van der Waals surface area contributed by atoms with Gasteiger partial charge >= 0.3 is 12.1 Å². The molecule has 1 unspecified atom stereocenters. The molecule has 0 fully saturated rings. The van der Waals surface area contributed by atoms with Gasteiger partial charge in [-0.25, -0.2) is 0 Å². The number of aromatic nitrogens is 2. The first-order valence-electron chi connectivity index (χ1n) is 11.4. The Kier molecular flexibility index (Phi) is 6.13. The minimum atomic E-state index is -4.72. The highest BCUT2D eigenvalue weighted by molar-refractivity contribution is 5.79. The van der Waals surface area contributed by atoms with Crippen molar-refractivity contribution in [3.05, 3.63) is 70.8 Å². The Hall–Kier alpha value is -3.92. The second-order valence-corrected chi connectivity index (χ2v) is 8.67. The van der Waals surface area contributed by atoms with E-state index in [0.717, 1.165) is 16.7 Å². The van der Waals surface area contributed by atoms with Crippen LogP contribution in [0.4, 0.5) is 13.2 Å². The number of fused-ring (bicyclic) bond motifs is 3. The first-order valence-corrected chi connectivity index (χ1v) is 11.4. The molecular weight excluding hydrogens is 475 g/mol. The van der Waals surface area contributed by atoms with Gasteiger partial charge in [-0.05, 0) is 30.9 Å². The van der Waals surface area contributed by atoms with Crippen LogP contribution in [0.15, 0.2) is 57.6 Å². The predicted octanol–water partition coefficient (Wildman–Crippen LogP) is 5.91. The van der Waals surface area contributed by atoms with Crippen LogP contribution in [0.25, 0.3) is 34.0 Å². The van der Waals surface area contributed by atoms with Crippen molar-refractivity contribution in [2.75, 3.05) is 6.54 Å². The Labute approximate surface area is 203 Å². The molecule has 0 bridgehead atoms. The van der Waals surface area contributed by atoms with Crippen LogP contribution >= 0.6 is 0 Å². The van der Waals surface area contributed by atoms with E-state index in [-0.39, 0.29) is 29.5 Å². The normalized spacial score (nSPS) is 13.8. The number of carboxylic acid groups (broad SMARTS) is 1. The van der Waals surface area contributed by atoms with E-state index in [1.807, 2.05) is 25.1 Å². The Balaban J connectivity index is 1.49. The molecule has 10 heteroatoms. The molecule has 0 spiro atoms. The van der Waals surface area contributed by atoms with E-state index in [0.29, 0.717) is 30.6 Å². The number of alkyl halides is 3. The van der Waals surface area contributed by atoms with Gasteiger partial charge in [0.25, 0.3) is 0 Å². The van der Waals surface area contributed by atoms with Gasteiger partial charge in [0.05, 0.1) is 6.42 Å². The van der Waals surface area contributed by atoms with Gasteiger partial charge in [0.2, 0.25) is 0 Å². The fourth-order valence-electron chi connectivity index (χ4n) is 4.53. The molecule has 0 radical (unpaired) electrons. The van der Waals surface area contributed by atoms with Crippen LogP contribution in [-0.2, 0) is 23.8 Å². The maximum Gasteiger partial charge on any atom is 0.422 e. The second-order valence-electron chi connectivity index (χ2n) is 8.67. The van der Waals surface area contributed by atoms with Gasteiger partial charge in [0.1, 0.15) is 11.3 Å². The maximum atomic E-state index is 14.1. The molecule has 2 aromatic carbocycles. The van der Waals surface area contributed by atoms with Gasteiger partial charge < -0.3 is 19.5 Å². The number of aryl methyl sites for hydroxylation is 1. The highest BCUT2D eigenvalue weighted by Gasteiger charge is 2.43.